The normalized spacial score (nSPS) is 35.4. The Hall–Kier alpha value is -1.77. The van der Waals surface area contributed by atoms with Crippen molar-refractivity contribution in [1.29, 1.82) is 0 Å². The van der Waals surface area contributed by atoms with Crippen LogP contribution in [0.25, 0.3) is 11.1 Å². The molecule has 0 saturated heterocycles. The zero-order chi connectivity index (χ0) is 17.8. The fraction of sp³-hybridized carbons (Fsp3) is 0.591. The van der Waals surface area contributed by atoms with Crippen molar-refractivity contribution in [1.82, 2.24) is 4.98 Å². The highest BCUT2D eigenvalue weighted by Crippen LogP contribution is 2.61. The van der Waals surface area contributed by atoms with Crippen LogP contribution in [0, 0.1) is 22.7 Å². The van der Waals surface area contributed by atoms with Gasteiger partial charge in [-0.3, -0.25) is 0 Å². The molecule has 2 aliphatic rings. The number of allylic oxidation sites excluding steroid dienone is 2. The van der Waals surface area contributed by atoms with E-state index in [9.17, 15) is 5.11 Å². The number of hydrogen-bond acceptors (Lipinski definition) is 3. The standard InChI is InChI=1S/C22H29NO2/c1-14-6-5-7-19-21(14,3)11-10-15(2)22(19,4)12-16-18(24)9-8-17-20(16)25-13-23-17/h6,8-9,13,15,19,24H,5,7,10-12H2,1-4H3/t15-,19+,21+,22+/m0/s1. The summed E-state index contributed by atoms with van der Waals surface area (Å²) >= 11 is 0. The lowest BCUT2D eigenvalue weighted by Crippen LogP contribution is -2.50. The van der Waals surface area contributed by atoms with E-state index in [1.54, 1.807) is 11.6 Å². The molecule has 2 aliphatic carbocycles. The number of benzene rings is 1. The lowest BCUT2D eigenvalue weighted by molar-refractivity contribution is -0.0411. The van der Waals surface area contributed by atoms with Crippen molar-refractivity contribution in [2.75, 3.05) is 0 Å². The Kier molecular flexibility index (Phi) is 3.75. The van der Waals surface area contributed by atoms with Crippen LogP contribution in [-0.4, -0.2) is 10.1 Å². The maximum atomic E-state index is 10.6. The van der Waals surface area contributed by atoms with Crippen molar-refractivity contribution in [2.24, 2.45) is 22.7 Å². The molecule has 1 aromatic carbocycles. The minimum absolute atomic E-state index is 0.140. The zero-order valence-electron chi connectivity index (χ0n) is 15.8. The first-order chi connectivity index (χ1) is 11.9. The summed E-state index contributed by atoms with van der Waals surface area (Å²) in [6, 6.07) is 3.60. The Labute approximate surface area is 150 Å². The lowest BCUT2D eigenvalue weighted by atomic mass is 9.47. The topological polar surface area (TPSA) is 46.3 Å². The van der Waals surface area contributed by atoms with Crippen molar-refractivity contribution in [3.63, 3.8) is 0 Å². The first kappa shape index (κ1) is 16.7. The van der Waals surface area contributed by atoms with Crippen molar-refractivity contribution in [3.05, 3.63) is 35.7 Å². The SMILES string of the molecule is CC1=CCC[C@H]2[C@](C)(Cc3c(O)ccc4ncoc34)[C@@H](C)CC[C@]12C. The maximum Gasteiger partial charge on any atom is 0.181 e. The molecule has 3 nitrogen and oxygen atoms in total. The van der Waals surface area contributed by atoms with E-state index in [0.717, 1.165) is 23.1 Å². The Balaban J connectivity index is 1.80. The molecule has 1 aromatic heterocycles. The van der Waals surface area contributed by atoms with Crippen molar-refractivity contribution >= 4 is 11.1 Å². The summed E-state index contributed by atoms with van der Waals surface area (Å²) in [4.78, 5) is 4.28. The summed E-state index contributed by atoms with van der Waals surface area (Å²) in [7, 11) is 0. The predicted octanol–water partition coefficient (Wildman–Crippen LogP) is 5.87. The van der Waals surface area contributed by atoms with Gasteiger partial charge in [-0.15, -0.1) is 0 Å². The molecule has 0 aliphatic heterocycles. The van der Waals surface area contributed by atoms with Gasteiger partial charge < -0.3 is 9.52 Å². The number of hydrogen-bond donors (Lipinski definition) is 1. The summed E-state index contributed by atoms with van der Waals surface area (Å²) in [6.45, 7) is 9.61. The van der Waals surface area contributed by atoms with Gasteiger partial charge in [0.05, 0.1) is 0 Å². The van der Waals surface area contributed by atoms with E-state index in [1.807, 2.05) is 6.07 Å². The van der Waals surface area contributed by atoms with E-state index < -0.39 is 0 Å². The molecule has 4 rings (SSSR count). The number of phenols is 1. The number of rotatable bonds is 2. The van der Waals surface area contributed by atoms with Crippen LogP contribution in [0.2, 0.25) is 0 Å². The lowest BCUT2D eigenvalue weighted by Gasteiger charge is -2.58. The number of aromatic nitrogens is 1. The highest BCUT2D eigenvalue weighted by Gasteiger charge is 2.53. The van der Waals surface area contributed by atoms with Crippen LogP contribution < -0.4 is 0 Å². The van der Waals surface area contributed by atoms with Crippen molar-refractivity contribution in [3.8, 4) is 5.75 Å². The molecule has 2 aromatic rings. The van der Waals surface area contributed by atoms with Gasteiger partial charge in [0, 0.05) is 5.56 Å². The number of fused-ring (bicyclic) bond motifs is 2. The molecular weight excluding hydrogens is 310 g/mol. The first-order valence-electron chi connectivity index (χ1n) is 9.57. The minimum atomic E-state index is 0.140. The van der Waals surface area contributed by atoms with Gasteiger partial charge in [-0.05, 0) is 73.8 Å². The number of phenolic OH excluding ortho intramolecular Hbond substituents is 1. The van der Waals surface area contributed by atoms with E-state index in [1.165, 1.54) is 32.1 Å². The number of nitrogens with zero attached hydrogens (tertiary/aromatic N) is 1. The molecule has 0 amide bonds. The third-order valence-corrected chi connectivity index (χ3v) is 7.73. The Morgan fingerprint density at radius 1 is 1.28 bits per heavy atom. The van der Waals surface area contributed by atoms with Crippen LogP contribution in [-0.2, 0) is 6.42 Å². The van der Waals surface area contributed by atoms with Crippen LogP contribution >= 0.6 is 0 Å². The second-order valence-electron chi connectivity index (χ2n) is 8.82. The molecule has 134 valence electrons. The monoisotopic (exact) mass is 339 g/mol. The van der Waals surface area contributed by atoms with Gasteiger partial charge in [0.1, 0.15) is 11.3 Å². The molecule has 0 unspecified atom stereocenters. The number of oxazole rings is 1. The van der Waals surface area contributed by atoms with E-state index in [4.69, 9.17) is 4.42 Å². The van der Waals surface area contributed by atoms with Crippen molar-refractivity contribution < 1.29 is 9.52 Å². The molecule has 1 saturated carbocycles. The summed E-state index contributed by atoms with van der Waals surface area (Å²) < 4.78 is 5.65. The highest BCUT2D eigenvalue weighted by molar-refractivity contribution is 5.78. The maximum absolute atomic E-state index is 10.6. The summed E-state index contributed by atoms with van der Waals surface area (Å²) in [5.41, 5.74) is 4.50. The largest absolute Gasteiger partial charge is 0.508 e. The van der Waals surface area contributed by atoms with E-state index >= 15 is 0 Å². The average molecular weight is 339 g/mol. The second-order valence-corrected chi connectivity index (χ2v) is 8.82. The summed E-state index contributed by atoms with van der Waals surface area (Å²) in [5.74, 6) is 1.59. The van der Waals surface area contributed by atoms with Crippen LogP contribution in [0.3, 0.4) is 0 Å². The van der Waals surface area contributed by atoms with Gasteiger partial charge in [-0.25, -0.2) is 4.98 Å². The molecule has 1 heterocycles. The molecule has 0 bridgehead atoms. The van der Waals surface area contributed by atoms with Gasteiger partial charge in [0.2, 0.25) is 0 Å². The molecule has 3 heteroatoms. The quantitative estimate of drug-likeness (QED) is 0.695. The Morgan fingerprint density at radius 3 is 2.88 bits per heavy atom. The Morgan fingerprint density at radius 2 is 2.08 bits per heavy atom. The highest BCUT2D eigenvalue weighted by atomic mass is 16.3. The summed E-state index contributed by atoms with van der Waals surface area (Å²) in [5, 5.41) is 10.6. The zero-order valence-corrected chi connectivity index (χ0v) is 15.8. The van der Waals surface area contributed by atoms with Crippen LogP contribution in [0.5, 0.6) is 5.75 Å². The van der Waals surface area contributed by atoms with Gasteiger partial charge >= 0.3 is 0 Å². The van der Waals surface area contributed by atoms with Crippen LogP contribution in [0.15, 0.2) is 34.6 Å². The number of aromatic hydroxyl groups is 1. The smallest absolute Gasteiger partial charge is 0.181 e. The molecular formula is C22H29NO2. The van der Waals surface area contributed by atoms with E-state index in [-0.39, 0.29) is 10.8 Å². The van der Waals surface area contributed by atoms with Gasteiger partial charge in [0.15, 0.2) is 12.0 Å². The summed E-state index contributed by atoms with van der Waals surface area (Å²) in [6.07, 6.45) is 9.70. The van der Waals surface area contributed by atoms with E-state index in [0.29, 0.717) is 17.6 Å². The predicted molar refractivity (Wildman–Crippen MR) is 100 cm³/mol. The second kappa shape index (κ2) is 5.62. The third kappa shape index (κ3) is 2.35. The molecule has 25 heavy (non-hydrogen) atoms. The van der Waals surface area contributed by atoms with Gasteiger partial charge in [-0.2, -0.15) is 0 Å². The van der Waals surface area contributed by atoms with E-state index in [2.05, 4.69) is 38.8 Å². The average Bonchev–Trinajstić information content (AvgIpc) is 3.05. The van der Waals surface area contributed by atoms with Gasteiger partial charge in [0.25, 0.3) is 0 Å². The molecule has 1 N–H and O–H groups in total. The molecule has 4 atom stereocenters. The fourth-order valence-electron chi connectivity index (χ4n) is 5.73. The first-order valence-corrected chi connectivity index (χ1v) is 9.57. The molecule has 1 fully saturated rings. The minimum Gasteiger partial charge on any atom is -0.508 e. The fourth-order valence-corrected chi connectivity index (χ4v) is 5.73. The van der Waals surface area contributed by atoms with Crippen LogP contribution in [0.1, 0.15) is 58.9 Å². The molecule has 0 spiro atoms. The Bertz CT molecular complexity index is 836. The third-order valence-electron chi connectivity index (χ3n) is 7.73. The van der Waals surface area contributed by atoms with Crippen LogP contribution in [0.4, 0.5) is 0 Å². The van der Waals surface area contributed by atoms with Gasteiger partial charge in [-0.1, -0.05) is 32.4 Å². The van der Waals surface area contributed by atoms with Crippen molar-refractivity contribution in [2.45, 2.75) is 59.8 Å². The molecule has 0 radical (unpaired) electrons.